The SMILES string of the molecule is Oc1cccc2c(Cl)nc(-c3ccccc3F)n12. The van der Waals surface area contributed by atoms with Crippen molar-refractivity contribution in [1.29, 1.82) is 0 Å². The molecule has 0 aliphatic heterocycles. The van der Waals surface area contributed by atoms with Gasteiger partial charge in [0, 0.05) is 0 Å². The third-order valence-electron chi connectivity index (χ3n) is 2.71. The van der Waals surface area contributed by atoms with Crippen molar-refractivity contribution in [1.82, 2.24) is 9.38 Å². The lowest BCUT2D eigenvalue weighted by atomic mass is 10.2. The van der Waals surface area contributed by atoms with Crippen LogP contribution >= 0.6 is 11.6 Å². The molecule has 1 aromatic carbocycles. The van der Waals surface area contributed by atoms with Crippen LogP contribution in [0.25, 0.3) is 16.9 Å². The van der Waals surface area contributed by atoms with E-state index in [4.69, 9.17) is 11.6 Å². The molecular weight excluding hydrogens is 255 g/mol. The highest BCUT2D eigenvalue weighted by molar-refractivity contribution is 6.33. The maximum absolute atomic E-state index is 13.8. The second-order valence-corrected chi connectivity index (χ2v) is 4.17. The Labute approximate surface area is 107 Å². The number of benzene rings is 1. The molecule has 1 N–H and O–H groups in total. The first-order valence-corrected chi connectivity index (χ1v) is 5.67. The van der Waals surface area contributed by atoms with Gasteiger partial charge in [-0.1, -0.05) is 29.8 Å². The summed E-state index contributed by atoms with van der Waals surface area (Å²) in [6.45, 7) is 0. The Kier molecular flexibility index (Phi) is 2.45. The molecule has 18 heavy (non-hydrogen) atoms. The summed E-state index contributed by atoms with van der Waals surface area (Å²) >= 11 is 5.99. The minimum atomic E-state index is -0.413. The quantitative estimate of drug-likeness (QED) is 0.729. The van der Waals surface area contributed by atoms with Gasteiger partial charge < -0.3 is 5.11 Å². The molecule has 0 bridgehead atoms. The molecule has 0 unspecified atom stereocenters. The topological polar surface area (TPSA) is 37.5 Å². The summed E-state index contributed by atoms with van der Waals surface area (Å²) in [6.07, 6.45) is 0. The van der Waals surface area contributed by atoms with Gasteiger partial charge in [-0.2, -0.15) is 0 Å². The number of pyridine rings is 1. The van der Waals surface area contributed by atoms with Crippen LogP contribution in [0, 0.1) is 5.82 Å². The molecule has 3 rings (SSSR count). The molecule has 0 saturated carbocycles. The van der Waals surface area contributed by atoms with Crippen molar-refractivity contribution >= 4 is 17.1 Å². The zero-order valence-corrected chi connectivity index (χ0v) is 9.89. The molecule has 0 spiro atoms. The first-order valence-electron chi connectivity index (χ1n) is 5.29. The van der Waals surface area contributed by atoms with Gasteiger partial charge in [-0.3, -0.25) is 4.40 Å². The number of hydrogen-bond acceptors (Lipinski definition) is 2. The van der Waals surface area contributed by atoms with Gasteiger partial charge in [0.05, 0.1) is 11.1 Å². The predicted octanol–water partition coefficient (Wildman–Crippen LogP) is 3.50. The van der Waals surface area contributed by atoms with Gasteiger partial charge in [-0.25, -0.2) is 9.37 Å². The summed E-state index contributed by atoms with van der Waals surface area (Å²) < 4.78 is 15.2. The Morgan fingerprint density at radius 1 is 1.11 bits per heavy atom. The van der Waals surface area contributed by atoms with Crippen LogP contribution in [0.3, 0.4) is 0 Å². The lowest BCUT2D eigenvalue weighted by Gasteiger charge is -2.04. The molecule has 5 heteroatoms. The molecule has 90 valence electrons. The summed E-state index contributed by atoms with van der Waals surface area (Å²) in [5.74, 6) is -0.166. The molecule has 3 nitrogen and oxygen atoms in total. The summed E-state index contributed by atoms with van der Waals surface area (Å²) in [6, 6.07) is 11.1. The molecule has 2 aromatic heterocycles. The highest BCUT2D eigenvalue weighted by atomic mass is 35.5. The summed E-state index contributed by atoms with van der Waals surface area (Å²) in [4.78, 5) is 4.11. The van der Waals surface area contributed by atoms with E-state index in [0.717, 1.165) is 0 Å². The van der Waals surface area contributed by atoms with Crippen LogP contribution in [0.15, 0.2) is 42.5 Å². The minimum absolute atomic E-state index is 0.0369. The molecule has 0 amide bonds. The van der Waals surface area contributed by atoms with Gasteiger partial charge in [0.1, 0.15) is 5.82 Å². The monoisotopic (exact) mass is 262 g/mol. The fourth-order valence-corrected chi connectivity index (χ4v) is 2.13. The van der Waals surface area contributed by atoms with E-state index in [2.05, 4.69) is 4.98 Å². The fourth-order valence-electron chi connectivity index (χ4n) is 1.90. The highest BCUT2D eigenvalue weighted by Crippen LogP contribution is 2.30. The second kappa shape index (κ2) is 3.99. The minimum Gasteiger partial charge on any atom is -0.494 e. The van der Waals surface area contributed by atoms with Crippen LogP contribution < -0.4 is 0 Å². The third-order valence-corrected chi connectivity index (χ3v) is 2.99. The number of aromatic hydroxyl groups is 1. The number of aromatic nitrogens is 2. The van der Waals surface area contributed by atoms with Crippen molar-refractivity contribution in [3.8, 4) is 17.3 Å². The van der Waals surface area contributed by atoms with Crippen LogP contribution in [0.2, 0.25) is 5.15 Å². The van der Waals surface area contributed by atoms with Gasteiger partial charge in [-0.05, 0) is 24.3 Å². The van der Waals surface area contributed by atoms with Gasteiger partial charge in [0.25, 0.3) is 0 Å². The Balaban J connectivity index is 2.41. The molecule has 3 aromatic rings. The predicted molar refractivity (Wildman–Crippen MR) is 67.3 cm³/mol. The van der Waals surface area contributed by atoms with Crippen LogP contribution in [-0.4, -0.2) is 14.5 Å². The highest BCUT2D eigenvalue weighted by Gasteiger charge is 2.16. The standard InChI is InChI=1S/C13H8ClFN2O/c14-12-10-6-3-7-11(18)17(10)13(16-12)8-4-1-2-5-9(8)15/h1-7,18H. The molecular formula is C13H8ClFN2O. The first-order chi connectivity index (χ1) is 8.68. The molecule has 0 fully saturated rings. The first kappa shape index (κ1) is 11.0. The summed E-state index contributed by atoms with van der Waals surface area (Å²) in [5, 5.41) is 10.1. The Morgan fingerprint density at radius 2 is 1.89 bits per heavy atom. The average molecular weight is 263 g/mol. The van der Waals surface area contributed by atoms with Crippen molar-refractivity contribution < 1.29 is 9.50 Å². The molecule has 0 atom stereocenters. The van der Waals surface area contributed by atoms with E-state index in [1.807, 2.05) is 0 Å². The normalized spacial score (nSPS) is 11.0. The van der Waals surface area contributed by atoms with E-state index in [1.165, 1.54) is 16.5 Å². The lowest BCUT2D eigenvalue weighted by Crippen LogP contribution is -1.92. The smallest absolute Gasteiger partial charge is 0.197 e. The van der Waals surface area contributed by atoms with E-state index in [9.17, 15) is 9.50 Å². The average Bonchev–Trinajstić information content (AvgIpc) is 2.69. The zero-order valence-electron chi connectivity index (χ0n) is 9.14. The second-order valence-electron chi connectivity index (χ2n) is 3.81. The summed E-state index contributed by atoms with van der Waals surface area (Å²) in [5.41, 5.74) is 0.829. The van der Waals surface area contributed by atoms with Crippen LogP contribution in [0.5, 0.6) is 5.88 Å². The number of rotatable bonds is 1. The number of halogens is 2. The molecule has 0 aliphatic carbocycles. The fraction of sp³-hybridized carbons (Fsp3) is 0. The van der Waals surface area contributed by atoms with Crippen molar-refractivity contribution in [2.24, 2.45) is 0 Å². The van der Waals surface area contributed by atoms with Gasteiger partial charge in [0.15, 0.2) is 16.9 Å². The van der Waals surface area contributed by atoms with E-state index >= 15 is 0 Å². The lowest BCUT2D eigenvalue weighted by molar-refractivity contribution is 0.446. The van der Waals surface area contributed by atoms with Crippen LogP contribution in [0.1, 0.15) is 0 Å². The van der Waals surface area contributed by atoms with Crippen molar-refractivity contribution in [3.63, 3.8) is 0 Å². The van der Waals surface area contributed by atoms with Crippen LogP contribution in [0.4, 0.5) is 4.39 Å². The van der Waals surface area contributed by atoms with Crippen molar-refractivity contribution in [2.45, 2.75) is 0 Å². The Bertz CT molecular complexity index is 739. The Hall–Kier alpha value is -2.07. The maximum atomic E-state index is 13.8. The molecule has 0 aliphatic rings. The molecule has 2 heterocycles. The maximum Gasteiger partial charge on any atom is 0.197 e. The summed E-state index contributed by atoms with van der Waals surface area (Å²) in [7, 11) is 0. The van der Waals surface area contributed by atoms with E-state index in [1.54, 1.807) is 30.3 Å². The van der Waals surface area contributed by atoms with Crippen molar-refractivity contribution in [2.75, 3.05) is 0 Å². The molecule has 0 saturated heterocycles. The van der Waals surface area contributed by atoms with Gasteiger partial charge in [0.2, 0.25) is 0 Å². The number of hydrogen-bond donors (Lipinski definition) is 1. The number of imidazole rings is 1. The third kappa shape index (κ3) is 1.54. The van der Waals surface area contributed by atoms with Gasteiger partial charge in [-0.15, -0.1) is 0 Å². The Morgan fingerprint density at radius 3 is 2.67 bits per heavy atom. The van der Waals surface area contributed by atoms with E-state index in [-0.39, 0.29) is 16.9 Å². The number of nitrogens with zero attached hydrogens (tertiary/aromatic N) is 2. The van der Waals surface area contributed by atoms with E-state index < -0.39 is 5.82 Å². The number of fused-ring (bicyclic) bond motifs is 1. The van der Waals surface area contributed by atoms with Crippen molar-refractivity contribution in [3.05, 3.63) is 53.4 Å². The largest absolute Gasteiger partial charge is 0.494 e. The molecule has 0 radical (unpaired) electrons. The van der Waals surface area contributed by atoms with E-state index in [0.29, 0.717) is 11.1 Å². The zero-order chi connectivity index (χ0) is 12.7. The van der Waals surface area contributed by atoms with Gasteiger partial charge >= 0.3 is 0 Å². The van der Waals surface area contributed by atoms with Crippen LogP contribution in [-0.2, 0) is 0 Å².